The molecule has 1 saturated heterocycles. The molecule has 6 rings (SSSR count). The summed E-state index contributed by atoms with van der Waals surface area (Å²) >= 11 is 0. The molecule has 1 N–H and O–H groups in total. The molecule has 0 bridgehead atoms. The van der Waals surface area contributed by atoms with Crippen molar-refractivity contribution in [2.75, 3.05) is 13.2 Å². The predicted octanol–water partition coefficient (Wildman–Crippen LogP) is 10.1. The summed E-state index contributed by atoms with van der Waals surface area (Å²) in [5, 5.41) is 3.02. The molecule has 1 aliphatic heterocycles. The van der Waals surface area contributed by atoms with Gasteiger partial charge in [0.2, 0.25) is 0 Å². The summed E-state index contributed by atoms with van der Waals surface area (Å²) in [5.41, 5.74) is 2.06. The topological polar surface area (TPSA) is 75.7 Å². The predicted molar refractivity (Wildman–Crippen MR) is 200 cm³/mol. The van der Waals surface area contributed by atoms with Gasteiger partial charge in [0.1, 0.15) is 0 Å². The second-order valence-electron chi connectivity index (χ2n) is 17.3. The normalized spacial score (nSPS) is 37.4. The lowest BCUT2D eigenvalue weighted by molar-refractivity contribution is -0.206. The van der Waals surface area contributed by atoms with Crippen molar-refractivity contribution in [1.82, 2.24) is 10.2 Å². The first-order valence-corrected chi connectivity index (χ1v) is 19.8. The standard InChI is InChI=1S/C31H50N2O2.C4H8.C3H6O2.2C2H6/c1-27(2)23-12-15-30(5)22-11-14-28(3)13-7-8-21(28)20(22)9-10-24(30)31(23,6)18-19-33(27)26(35)25(34)32-29(4)16-17-29;1-4(2)3;1-2-5-3-4;2*1-2/h20-24H,7-19H2,1-6H3,(H,32,34);1H2,2-3H3;3H,2H2,1H3;2*1-2H3/t20?,21-,22?,23?,24?,28?,30?,31?;;;;/m1..../s1. The summed E-state index contributed by atoms with van der Waals surface area (Å²) in [7, 11) is 0. The second kappa shape index (κ2) is 16.9. The number of rotatable bonds is 3. The summed E-state index contributed by atoms with van der Waals surface area (Å²) in [4.78, 5) is 37.4. The maximum absolute atomic E-state index is 13.4. The van der Waals surface area contributed by atoms with E-state index in [0.717, 1.165) is 49.5 Å². The van der Waals surface area contributed by atoms with E-state index in [1.165, 1.54) is 63.4 Å². The number of hydrogen-bond acceptors (Lipinski definition) is 4. The lowest BCUT2D eigenvalue weighted by Gasteiger charge is -2.69. The van der Waals surface area contributed by atoms with E-state index in [1.54, 1.807) is 6.92 Å². The van der Waals surface area contributed by atoms with Crippen LogP contribution in [0.15, 0.2) is 12.2 Å². The van der Waals surface area contributed by atoms with E-state index in [9.17, 15) is 14.4 Å². The minimum atomic E-state index is -0.385. The first-order valence-electron chi connectivity index (χ1n) is 19.8. The number of nitrogens with one attached hydrogen (secondary N) is 1. The average molecular weight is 673 g/mol. The molecule has 7 unspecified atom stereocenters. The van der Waals surface area contributed by atoms with Gasteiger partial charge >= 0.3 is 11.8 Å². The molecule has 0 aromatic carbocycles. The molecule has 0 radical (unpaired) electrons. The minimum Gasteiger partial charge on any atom is -0.468 e. The molecule has 6 nitrogen and oxygen atoms in total. The summed E-state index contributed by atoms with van der Waals surface area (Å²) in [6.07, 6.45) is 15.6. The number of carbonyl (C=O) groups is 3. The Kier molecular flexibility index (Phi) is 14.9. The molecule has 0 spiro atoms. The fourth-order valence-corrected chi connectivity index (χ4v) is 11.5. The Balaban J connectivity index is 0.000000536. The molecule has 6 aliphatic rings. The van der Waals surface area contributed by atoms with Crippen molar-refractivity contribution < 1.29 is 19.1 Å². The highest BCUT2D eigenvalue weighted by molar-refractivity contribution is 6.35. The Bertz CT molecular complexity index is 1090. The van der Waals surface area contributed by atoms with Gasteiger partial charge in [-0.3, -0.25) is 14.4 Å². The third-order valence-electron chi connectivity index (χ3n) is 13.7. The Labute approximate surface area is 296 Å². The largest absolute Gasteiger partial charge is 0.468 e. The van der Waals surface area contributed by atoms with Crippen molar-refractivity contribution in [1.29, 1.82) is 0 Å². The van der Waals surface area contributed by atoms with Gasteiger partial charge in [-0.1, -0.05) is 60.5 Å². The lowest BCUT2D eigenvalue weighted by atomic mass is 9.38. The van der Waals surface area contributed by atoms with Crippen molar-refractivity contribution >= 4 is 18.3 Å². The first kappa shape index (κ1) is 42.3. The van der Waals surface area contributed by atoms with Gasteiger partial charge in [0.15, 0.2) is 0 Å². The molecule has 6 heteroatoms. The van der Waals surface area contributed by atoms with E-state index in [0.29, 0.717) is 29.8 Å². The summed E-state index contributed by atoms with van der Waals surface area (Å²) in [6.45, 7) is 33.3. The van der Waals surface area contributed by atoms with E-state index in [4.69, 9.17) is 0 Å². The molecule has 48 heavy (non-hydrogen) atoms. The zero-order valence-electron chi connectivity index (χ0n) is 33.7. The highest BCUT2D eigenvalue weighted by Gasteiger charge is 2.66. The fraction of sp³-hybridized carbons (Fsp3) is 0.881. The van der Waals surface area contributed by atoms with E-state index in [1.807, 2.05) is 53.4 Å². The maximum Gasteiger partial charge on any atom is 0.312 e. The highest BCUT2D eigenvalue weighted by atomic mass is 16.5. The van der Waals surface area contributed by atoms with Gasteiger partial charge in [-0.2, -0.15) is 0 Å². The molecule has 8 atom stereocenters. The molecular weight excluding hydrogens is 596 g/mol. The number of hydrogen-bond donors (Lipinski definition) is 1. The summed E-state index contributed by atoms with van der Waals surface area (Å²) in [5.74, 6) is 3.33. The number of allylic oxidation sites excluding steroid dienone is 1. The van der Waals surface area contributed by atoms with Crippen molar-refractivity contribution in [2.45, 2.75) is 178 Å². The van der Waals surface area contributed by atoms with Gasteiger partial charge in [-0.25, -0.2) is 0 Å². The third kappa shape index (κ3) is 8.53. The first-order chi connectivity index (χ1) is 22.5. The zero-order chi connectivity index (χ0) is 36.7. The van der Waals surface area contributed by atoms with Crippen molar-refractivity contribution in [2.24, 2.45) is 45.8 Å². The van der Waals surface area contributed by atoms with Crippen LogP contribution < -0.4 is 5.32 Å². The molecule has 5 saturated carbocycles. The van der Waals surface area contributed by atoms with Crippen LogP contribution in [-0.2, 0) is 19.1 Å². The molecule has 2 amide bonds. The monoisotopic (exact) mass is 673 g/mol. The number of fused-ring (bicyclic) bond motifs is 7. The van der Waals surface area contributed by atoms with Gasteiger partial charge in [-0.15, -0.1) is 6.58 Å². The fourth-order valence-electron chi connectivity index (χ4n) is 11.5. The number of carbonyl (C=O) groups excluding carboxylic acids is 3. The zero-order valence-corrected chi connectivity index (χ0v) is 33.7. The number of amides is 2. The number of nitrogens with zero attached hydrogens (tertiary/aromatic N) is 1. The molecule has 6 fully saturated rings. The molecule has 278 valence electrons. The highest BCUT2D eigenvalue weighted by Crippen LogP contribution is 2.71. The molecule has 0 aromatic heterocycles. The Morgan fingerprint density at radius 1 is 0.792 bits per heavy atom. The smallest absolute Gasteiger partial charge is 0.312 e. The SMILES string of the molecule is C=C(C)C.CC.CC.CC1(NC(=O)C(=O)N2CCC3(C)C4CCC5C(CCC6(C)CCC[C@H]56)C4(C)CCC3C2(C)C)CC1.CCOC=O. The number of piperidine rings is 1. The Hall–Kier alpha value is -1.85. The Morgan fingerprint density at radius 2 is 1.40 bits per heavy atom. The van der Waals surface area contributed by atoms with Gasteiger partial charge in [0.25, 0.3) is 6.47 Å². The van der Waals surface area contributed by atoms with E-state index in [2.05, 4.69) is 51.3 Å². The molecule has 0 aromatic rings. The van der Waals surface area contributed by atoms with Crippen LogP contribution in [0.25, 0.3) is 0 Å². The summed E-state index contributed by atoms with van der Waals surface area (Å²) in [6, 6.07) is 0. The third-order valence-corrected chi connectivity index (χ3v) is 13.7. The summed E-state index contributed by atoms with van der Waals surface area (Å²) < 4.78 is 4.15. The van der Waals surface area contributed by atoms with Crippen LogP contribution in [0.3, 0.4) is 0 Å². The quantitative estimate of drug-likeness (QED) is 0.184. The minimum absolute atomic E-state index is 0.151. The Morgan fingerprint density at radius 3 is 1.92 bits per heavy atom. The average Bonchev–Trinajstić information content (AvgIpc) is 3.61. The van der Waals surface area contributed by atoms with Crippen molar-refractivity contribution in [3.63, 3.8) is 0 Å². The van der Waals surface area contributed by atoms with Crippen molar-refractivity contribution in [3.8, 4) is 0 Å². The van der Waals surface area contributed by atoms with Crippen molar-refractivity contribution in [3.05, 3.63) is 12.2 Å². The van der Waals surface area contributed by atoms with E-state index >= 15 is 0 Å². The lowest BCUT2D eigenvalue weighted by Crippen LogP contribution is -2.69. The molecule has 5 aliphatic carbocycles. The van der Waals surface area contributed by atoms with Crippen LogP contribution in [0, 0.1) is 45.8 Å². The second-order valence-corrected chi connectivity index (χ2v) is 17.3. The molecular formula is C42H76N2O4. The number of likely N-dealkylation sites (tertiary alicyclic amines) is 1. The number of ether oxygens (including phenoxy) is 1. The van der Waals surface area contributed by atoms with E-state index < -0.39 is 0 Å². The van der Waals surface area contributed by atoms with Crippen LogP contribution in [0.1, 0.15) is 167 Å². The van der Waals surface area contributed by atoms with Crippen LogP contribution in [-0.4, -0.2) is 47.4 Å². The molecule has 1 heterocycles. The van der Waals surface area contributed by atoms with E-state index in [-0.39, 0.29) is 28.3 Å². The van der Waals surface area contributed by atoms with Gasteiger partial charge in [0, 0.05) is 17.6 Å². The maximum atomic E-state index is 13.4. The van der Waals surface area contributed by atoms with Gasteiger partial charge in [-0.05, 0) is 158 Å². The van der Waals surface area contributed by atoms with Crippen LogP contribution in [0.5, 0.6) is 0 Å². The van der Waals surface area contributed by atoms with Gasteiger partial charge in [0.05, 0.1) is 6.61 Å². The van der Waals surface area contributed by atoms with Crippen LogP contribution in [0.4, 0.5) is 0 Å². The van der Waals surface area contributed by atoms with Gasteiger partial charge < -0.3 is 15.0 Å². The van der Waals surface area contributed by atoms with Crippen LogP contribution in [0.2, 0.25) is 0 Å². The van der Waals surface area contributed by atoms with Crippen LogP contribution >= 0.6 is 0 Å².